The molecule has 0 spiro atoms. The van der Waals surface area contributed by atoms with Crippen molar-refractivity contribution in [1.82, 2.24) is 14.8 Å². The van der Waals surface area contributed by atoms with E-state index in [9.17, 15) is 4.79 Å². The second-order valence-corrected chi connectivity index (χ2v) is 6.96. The van der Waals surface area contributed by atoms with Gasteiger partial charge in [0.1, 0.15) is 6.54 Å². The quantitative estimate of drug-likeness (QED) is 0.582. The molecule has 28 heavy (non-hydrogen) atoms. The number of hydrogen-bond donors (Lipinski definition) is 2. The summed E-state index contributed by atoms with van der Waals surface area (Å²) in [4.78, 5) is 14.8. The van der Waals surface area contributed by atoms with Crippen LogP contribution in [0.3, 0.4) is 0 Å². The highest BCUT2D eigenvalue weighted by molar-refractivity contribution is 7.71. The van der Waals surface area contributed by atoms with Crippen molar-refractivity contribution < 1.29 is 4.79 Å². The summed E-state index contributed by atoms with van der Waals surface area (Å²) in [5.74, 6) is 0.499. The Morgan fingerprint density at radius 1 is 1.11 bits per heavy atom. The maximum atomic E-state index is 12.6. The summed E-state index contributed by atoms with van der Waals surface area (Å²) in [7, 11) is 0. The van der Waals surface area contributed by atoms with E-state index in [1.54, 1.807) is 4.57 Å². The smallest absolute Gasteiger partial charge is 0.244 e. The molecule has 0 unspecified atom stereocenters. The van der Waals surface area contributed by atoms with Gasteiger partial charge >= 0.3 is 0 Å². The van der Waals surface area contributed by atoms with Gasteiger partial charge in [-0.05, 0) is 57.3 Å². The predicted molar refractivity (Wildman–Crippen MR) is 116 cm³/mol. The first-order chi connectivity index (χ1) is 13.5. The predicted octanol–water partition coefficient (Wildman–Crippen LogP) is 4.40. The summed E-state index contributed by atoms with van der Waals surface area (Å²) in [6.07, 6.45) is 0. The molecule has 0 aliphatic rings. The molecule has 146 valence electrons. The molecule has 0 radical (unpaired) electrons. The zero-order valence-corrected chi connectivity index (χ0v) is 17.2. The molecule has 1 amide bonds. The lowest BCUT2D eigenvalue weighted by atomic mass is 10.1. The van der Waals surface area contributed by atoms with Crippen molar-refractivity contribution in [2.24, 2.45) is 0 Å². The molecule has 0 aliphatic heterocycles. The first-order valence-electron chi connectivity index (χ1n) is 9.39. The Hall–Kier alpha value is -2.93. The topological polar surface area (TPSA) is 66.0 Å². The molecule has 3 aromatic rings. The average Bonchev–Trinajstić information content (AvgIpc) is 3.05. The van der Waals surface area contributed by atoms with Gasteiger partial charge in [-0.15, -0.1) is 0 Å². The summed E-state index contributed by atoms with van der Waals surface area (Å²) in [6, 6.07) is 15.8. The van der Waals surface area contributed by atoms with Crippen LogP contribution < -0.4 is 10.2 Å². The van der Waals surface area contributed by atoms with E-state index >= 15 is 0 Å². The molecule has 0 saturated carbocycles. The SMILES string of the molecule is CCN(CC)c1ccc(NC(=O)Cn2c(-c3ccc(C)cc3)n[nH]c2=S)cc1. The van der Waals surface area contributed by atoms with Crippen molar-refractivity contribution in [3.63, 3.8) is 0 Å². The molecule has 0 aliphatic carbocycles. The lowest BCUT2D eigenvalue weighted by molar-refractivity contribution is -0.116. The van der Waals surface area contributed by atoms with E-state index in [1.807, 2.05) is 55.5 Å². The van der Waals surface area contributed by atoms with Crippen molar-refractivity contribution in [3.05, 3.63) is 58.9 Å². The number of carbonyl (C=O) groups is 1. The van der Waals surface area contributed by atoms with Crippen LogP contribution in [-0.2, 0) is 11.3 Å². The molecule has 1 heterocycles. The van der Waals surface area contributed by atoms with Gasteiger partial charge in [-0.2, -0.15) is 5.10 Å². The monoisotopic (exact) mass is 395 g/mol. The zero-order valence-electron chi connectivity index (χ0n) is 16.4. The summed E-state index contributed by atoms with van der Waals surface area (Å²) in [6.45, 7) is 8.26. The molecular weight excluding hydrogens is 370 g/mol. The first kappa shape index (κ1) is 19.8. The van der Waals surface area contributed by atoms with Gasteiger partial charge in [0.2, 0.25) is 5.91 Å². The number of rotatable bonds is 7. The molecular formula is C21H25N5OS. The number of amides is 1. The highest BCUT2D eigenvalue weighted by Crippen LogP contribution is 2.20. The Morgan fingerprint density at radius 3 is 2.36 bits per heavy atom. The third kappa shape index (κ3) is 4.48. The van der Waals surface area contributed by atoms with Gasteiger partial charge in [0.15, 0.2) is 10.6 Å². The first-order valence-corrected chi connectivity index (χ1v) is 9.79. The Kier molecular flexibility index (Phi) is 6.26. The van der Waals surface area contributed by atoms with Crippen molar-refractivity contribution in [2.45, 2.75) is 27.3 Å². The van der Waals surface area contributed by atoms with Gasteiger partial charge in [0.25, 0.3) is 0 Å². The third-order valence-electron chi connectivity index (χ3n) is 4.65. The Balaban J connectivity index is 1.73. The van der Waals surface area contributed by atoms with Crippen LogP contribution in [0.5, 0.6) is 0 Å². The molecule has 0 saturated heterocycles. The van der Waals surface area contributed by atoms with Gasteiger partial charge < -0.3 is 10.2 Å². The van der Waals surface area contributed by atoms with E-state index in [-0.39, 0.29) is 12.5 Å². The number of anilines is 2. The summed E-state index contributed by atoms with van der Waals surface area (Å²) >= 11 is 5.31. The van der Waals surface area contributed by atoms with Crippen molar-refractivity contribution >= 4 is 29.5 Å². The van der Waals surface area contributed by atoms with E-state index < -0.39 is 0 Å². The molecule has 0 bridgehead atoms. The second kappa shape index (κ2) is 8.84. The van der Waals surface area contributed by atoms with E-state index in [0.29, 0.717) is 10.6 Å². The lowest BCUT2D eigenvalue weighted by Gasteiger charge is -2.21. The fourth-order valence-electron chi connectivity index (χ4n) is 3.08. The Labute approximate surface area is 170 Å². The highest BCUT2D eigenvalue weighted by atomic mass is 32.1. The number of aromatic amines is 1. The van der Waals surface area contributed by atoms with E-state index in [2.05, 4.69) is 34.3 Å². The fraction of sp³-hybridized carbons (Fsp3) is 0.286. The van der Waals surface area contributed by atoms with Gasteiger partial charge in [-0.3, -0.25) is 14.5 Å². The Bertz CT molecular complexity index is 985. The van der Waals surface area contributed by atoms with Crippen LogP contribution in [0.1, 0.15) is 19.4 Å². The summed E-state index contributed by atoms with van der Waals surface area (Å²) in [5, 5.41) is 10.00. The van der Waals surface area contributed by atoms with Crippen molar-refractivity contribution in [3.8, 4) is 11.4 Å². The van der Waals surface area contributed by atoms with E-state index in [4.69, 9.17) is 12.2 Å². The molecule has 6 nitrogen and oxygen atoms in total. The van der Waals surface area contributed by atoms with Crippen LogP contribution >= 0.6 is 12.2 Å². The summed E-state index contributed by atoms with van der Waals surface area (Å²) in [5.41, 5.74) is 3.97. The van der Waals surface area contributed by atoms with Gasteiger partial charge in [0, 0.05) is 30.0 Å². The number of nitrogens with zero attached hydrogens (tertiary/aromatic N) is 3. The number of nitrogens with one attached hydrogen (secondary N) is 2. The minimum absolute atomic E-state index is 0.0936. The van der Waals surface area contributed by atoms with Crippen molar-refractivity contribution in [2.75, 3.05) is 23.3 Å². The molecule has 1 aromatic heterocycles. The largest absolute Gasteiger partial charge is 0.372 e. The number of aromatic nitrogens is 3. The lowest BCUT2D eigenvalue weighted by Crippen LogP contribution is -2.22. The van der Waals surface area contributed by atoms with Crippen LogP contribution in [0, 0.1) is 11.7 Å². The van der Waals surface area contributed by atoms with E-state index in [0.717, 1.165) is 35.6 Å². The van der Waals surface area contributed by atoms with Crippen LogP contribution in [0.4, 0.5) is 11.4 Å². The molecule has 7 heteroatoms. The van der Waals surface area contributed by atoms with Crippen molar-refractivity contribution in [1.29, 1.82) is 0 Å². The standard InChI is InChI=1S/C21H25N5OS/c1-4-25(5-2)18-12-10-17(11-13-18)22-19(27)14-26-20(23-24-21(26)28)16-8-6-15(3)7-9-16/h6-13H,4-5,14H2,1-3H3,(H,22,27)(H,24,28). The Morgan fingerprint density at radius 2 is 1.75 bits per heavy atom. The summed E-state index contributed by atoms with van der Waals surface area (Å²) < 4.78 is 2.13. The van der Waals surface area contributed by atoms with E-state index in [1.165, 1.54) is 0 Å². The minimum Gasteiger partial charge on any atom is -0.372 e. The number of benzene rings is 2. The van der Waals surface area contributed by atoms with Crippen LogP contribution in [0.25, 0.3) is 11.4 Å². The molecule has 0 atom stereocenters. The molecule has 2 N–H and O–H groups in total. The normalized spacial score (nSPS) is 10.7. The number of aryl methyl sites for hydroxylation is 1. The van der Waals surface area contributed by atoms with Gasteiger partial charge in [-0.25, -0.2) is 0 Å². The minimum atomic E-state index is -0.151. The highest BCUT2D eigenvalue weighted by Gasteiger charge is 2.13. The third-order valence-corrected chi connectivity index (χ3v) is 4.96. The van der Waals surface area contributed by atoms with Crippen LogP contribution in [0.15, 0.2) is 48.5 Å². The maximum absolute atomic E-state index is 12.6. The molecule has 3 rings (SSSR count). The van der Waals surface area contributed by atoms with Crippen LogP contribution in [0.2, 0.25) is 0 Å². The van der Waals surface area contributed by atoms with Gasteiger partial charge in [0.05, 0.1) is 0 Å². The number of hydrogen-bond acceptors (Lipinski definition) is 4. The van der Waals surface area contributed by atoms with Crippen LogP contribution in [-0.4, -0.2) is 33.8 Å². The number of carbonyl (C=O) groups excluding carboxylic acids is 1. The maximum Gasteiger partial charge on any atom is 0.244 e. The van der Waals surface area contributed by atoms with Gasteiger partial charge in [-0.1, -0.05) is 29.8 Å². The average molecular weight is 396 g/mol. The fourth-order valence-corrected chi connectivity index (χ4v) is 3.27. The molecule has 2 aromatic carbocycles. The zero-order chi connectivity index (χ0) is 20.1. The number of H-pyrrole nitrogens is 1. The molecule has 0 fully saturated rings. The second-order valence-electron chi connectivity index (χ2n) is 6.57.